The van der Waals surface area contributed by atoms with E-state index in [2.05, 4.69) is 17.0 Å². The Morgan fingerprint density at radius 1 is 0.885 bits per heavy atom. The normalized spacial score (nSPS) is 22.2. The largest absolute Gasteiger partial charge is 0.472 e. The maximum absolute atomic E-state index is 13.0. The molecule has 52 heavy (non-hydrogen) atoms. The number of fused-ring (bicyclic) bond motifs is 1. The third-order valence-corrected chi connectivity index (χ3v) is 11.0. The predicted octanol–water partition coefficient (Wildman–Crippen LogP) is 8.23. The Kier molecular flexibility index (Phi) is 18.0. The molecule has 1 fully saturated rings. The van der Waals surface area contributed by atoms with E-state index in [9.17, 15) is 19.7 Å². The number of rotatable bonds is 27. The lowest BCUT2D eigenvalue weighted by molar-refractivity contribution is -0.101. The van der Waals surface area contributed by atoms with E-state index in [1.807, 2.05) is 30.3 Å². The molecule has 0 bridgehead atoms. The zero-order valence-corrected chi connectivity index (χ0v) is 32.2. The van der Waals surface area contributed by atoms with Gasteiger partial charge in [0.15, 0.2) is 5.82 Å². The Hall–Kier alpha value is -2.41. The van der Waals surface area contributed by atoms with E-state index < -0.39 is 44.4 Å². The van der Waals surface area contributed by atoms with Gasteiger partial charge in [-0.05, 0) is 31.0 Å². The highest BCUT2D eigenvalue weighted by Gasteiger charge is 2.53. The highest BCUT2D eigenvalue weighted by atomic mass is 31.2. The van der Waals surface area contributed by atoms with Crippen LogP contribution in [-0.4, -0.2) is 66.8 Å². The lowest BCUT2D eigenvalue weighted by atomic mass is 9.97. The topological polar surface area (TPSA) is 171 Å². The first-order valence-corrected chi connectivity index (χ1v) is 21.0. The molecule has 1 unspecified atom stereocenters. The molecule has 5 N–H and O–H groups in total. The highest BCUT2D eigenvalue weighted by molar-refractivity contribution is 7.47. The number of phosphoric acid groups is 1. The highest BCUT2D eigenvalue weighted by Crippen LogP contribution is 2.47. The minimum Gasteiger partial charge on any atom is -0.387 e. The van der Waals surface area contributed by atoms with Crippen LogP contribution < -0.4 is 5.73 Å². The third-order valence-electron chi connectivity index (χ3n) is 10.1. The molecular formula is C39H63N4O8P. The summed E-state index contributed by atoms with van der Waals surface area (Å²) in [5, 5.41) is 26.0. The summed E-state index contributed by atoms with van der Waals surface area (Å²) in [6.45, 7) is 3.48. The van der Waals surface area contributed by atoms with Gasteiger partial charge in [0.1, 0.15) is 35.8 Å². The first kappa shape index (κ1) is 42.3. The van der Waals surface area contributed by atoms with Crippen molar-refractivity contribution in [2.75, 3.05) is 18.9 Å². The maximum atomic E-state index is 13.0. The summed E-state index contributed by atoms with van der Waals surface area (Å²) >= 11 is 0. The van der Waals surface area contributed by atoms with Crippen molar-refractivity contribution in [3.05, 3.63) is 60.0 Å². The van der Waals surface area contributed by atoms with Crippen molar-refractivity contribution < 1.29 is 38.2 Å². The number of nitrogens with two attached hydrogens (primary N) is 1. The zero-order chi connectivity index (χ0) is 37.2. The number of unbranched alkanes of at least 4 members (excludes halogenated alkanes) is 15. The van der Waals surface area contributed by atoms with Crippen LogP contribution in [0.25, 0.3) is 5.52 Å². The summed E-state index contributed by atoms with van der Waals surface area (Å²) in [5.74, 6) is 0.250. The fourth-order valence-electron chi connectivity index (χ4n) is 6.85. The lowest BCUT2D eigenvalue weighted by Crippen LogP contribution is -2.44. The molecule has 3 heterocycles. The molecule has 1 aliphatic heterocycles. The SMILES string of the molecule is CCCCCCCCCCCCCCCCCC[C@@H](COP(=O)(O)OC[C@@]1(C)O[C@@H](c2ccc3c(N)ncnn23)[C@H](O)[C@@H]1O)OCc1ccccc1. The van der Waals surface area contributed by atoms with Gasteiger partial charge in [0.2, 0.25) is 0 Å². The van der Waals surface area contributed by atoms with Gasteiger partial charge in [0, 0.05) is 0 Å². The number of ether oxygens (including phenoxy) is 2. The minimum atomic E-state index is -4.58. The van der Waals surface area contributed by atoms with E-state index in [-0.39, 0.29) is 12.4 Å². The predicted molar refractivity (Wildman–Crippen MR) is 203 cm³/mol. The molecule has 0 aliphatic carbocycles. The Balaban J connectivity index is 1.17. The number of aliphatic hydroxyl groups is 2. The molecule has 292 valence electrons. The van der Waals surface area contributed by atoms with Gasteiger partial charge >= 0.3 is 7.82 Å². The summed E-state index contributed by atoms with van der Waals surface area (Å²) in [6, 6.07) is 13.1. The lowest BCUT2D eigenvalue weighted by Gasteiger charge is -2.28. The molecule has 13 heteroatoms. The number of nitrogens with zero attached hydrogens (tertiary/aromatic N) is 3. The van der Waals surface area contributed by atoms with E-state index in [0.717, 1.165) is 24.8 Å². The van der Waals surface area contributed by atoms with E-state index in [0.29, 0.717) is 24.2 Å². The van der Waals surface area contributed by atoms with E-state index >= 15 is 0 Å². The van der Waals surface area contributed by atoms with Gasteiger partial charge in [0.05, 0.1) is 31.6 Å². The standard InChI is InChI=1S/C39H63N4O8P/c1-3-4-5-6-7-8-9-10-11-12-13-14-15-16-17-21-24-32(48-27-31-22-19-18-20-23-31)28-49-52(46,47)50-29-39(2)37(45)35(44)36(51-39)33-25-26-34-38(40)41-30-42-43(33)34/h18-20,22-23,25-26,30,32,35-37,44-45H,3-17,21,24,27-29H2,1-2H3,(H,46,47)(H2,40,41,42)/t32-,35-,36-,37-,39+/m0/s1. The van der Waals surface area contributed by atoms with Crippen molar-refractivity contribution in [2.24, 2.45) is 0 Å². The second-order valence-corrected chi connectivity index (χ2v) is 16.0. The average Bonchev–Trinajstić information content (AvgIpc) is 3.67. The molecule has 1 aromatic carbocycles. The van der Waals surface area contributed by atoms with Crippen LogP contribution in [0.2, 0.25) is 0 Å². The molecule has 6 atom stereocenters. The number of aliphatic hydroxyl groups excluding tert-OH is 2. The summed E-state index contributed by atoms with van der Waals surface area (Å²) in [6.07, 6.45) is 18.3. The van der Waals surface area contributed by atoms with Crippen molar-refractivity contribution >= 4 is 19.2 Å². The third kappa shape index (κ3) is 13.5. The van der Waals surface area contributed by atoms with Crippen molar-refractivity contribution in [1.29, 1.82) is 0 Å². The van der Waals surface area contributed by atoms with Crippen LogP contribution in [0.4, 0.5) is 5.82 Å². The van der Waals surface area contributed by atoms with E-state index in [1.165, 1.54) is 101 Å². The molecule has 1 saturated heterocycles. The Morgan fingerprint density at radius 2 is 1.48 bits per heavy atom. The van der Waals surface area contributed by atoms with Gasteiger partial charge in [-0.2, -0.15) is 5.10 Å². The minimum absolute atomic E-state index is 0.137. The van der Waals surface area contributed by atoms with Crippen molar-refractivity contribution in [1.82, 2.24) is 14.6 Å². The zero-order valence-electron chi connectivity index (χ0n) is 31.3. The Bertz CT molecular complexity index is 1480. The molecule has 4 rings (SSSR count). The van der Waals surface area contributed by atoms with Crippen LogP contribution in [0.15, 0.2) is 48.8 Å². The van der Waals surface area contributed by atoms with Crippen molar-refractivity contribution in [2.45, 2.75) is 160 Å². The second-order valence-electron chi connectivity index (χ2n) is 14.5. The summed E-state index contributed by atoms with van der Waals surface area (Å²) < 4.78 is 37.5. The van der Waals surface area contributed by atoms with Gasteiger partial charge in [-0.15, -0.1) is 0 Å². The first-order chi connectivity index (χ1) is 25.1. The number of phosphoric ester groups is 1. The molecule has 2 aromatic heterocycles. The van der Waals surface area contributed by atoms with E-state index in [4.69, 9.17) is 24.3 Å². The Labute approximate surface area is 310 Å². The summed E-state index contributed by atoms with van der Waals surface area (Å²) in [5.41, 5.74) is 6.37. The molecule has 12 nitrogen and oxygen atoms in total. The van der Waals surface area contributed by atoms with Gasteiger partial charge in [0.25, 0.3) is 0 Å². The fraction of sp³-hybridized carbons (Fsp3) is 0.692. The van der Waals surface area contributed by atoms with E-state index in [1.54, 1.807) is 12.1 Å². The van der Waals surface area contributed by atoms with Crippen molar-refractivity contribution in [3.63, 3.8) is 0 Å². The van der Waals surface area contributed by atoms with Gasteiger partial charge < -0.3 is 30.3 Å². The van der Waals surface area contributed by atoms with Crippen LogP contribution in [0.5, 0.6) is 0 Å². The second kappa shape index (κ2) is 22.1. The monoisotopic (exact) mass is 746 g/mol. The van der Waals surface area contributed by atoms with Crippen LogP contribution in [0, 0.1) is 0 Å². The summed E-state index contributed by atoms with van der Waals surface area (Å²) in [7, 11) is -4.58. The fourth-order valence-corrected chi connectivity index (χ4v) is 7.70. The van der Waals surface area contributed by atoms with Gasteiger partial charge in [-0.25, -0.2) is 14.1 Å². The first-order valence-electron chi connectivity index (χ1n) is 19.5. The number of benzene rings is 1. The van der Waals surface area contributed by atoms with Crippen LogP contribution in [-0.2, 0) is 29.7 Å². The van der Waals surface area contributed by atoms with Gasteiger partial charge in [-0.3, -0.25) is 9.05 Å². The molecular weight excluding hydrogens is 683 g/mol. The number of nitrogen functional groups attached to an aromatic ring is 1. The quantitative estimate of drug-likeness (QED) is 0.0438. The Morgan fingerprint density at radius 3 is 2.10 bits per heavy atom. The number of anilines is 1. The average molecular weight is 747 g/mol. The molecule has 1 aliphatic rings. The van der Waals surface area contributed by atoms with Crippen LogP contribution in [0.1, 0.15) is 140 Å². The van der Waals surface area contributed by atoms with Gasteiger partial charge in [-0.1, -0.05) is 140 Å². The summed E-state index contributed by atoms with van der Waals surface area (Å²) in [4.78, 5) is 14.6. The molecule has 0 amide bonds. The molecule has 0 spiro atoms. The molecule has 0 saturated carbocycles. The molecule has 0 radical (unpaired) electrons. The van der Waals surface area contributed by atoms with Crippen molar-refractivity contribution in [3.8, 4) is 0 Å². The maximum Gasteiger partial charge on any atom is 0.472 e. The molecule has 3 aromatic rings. The number of hydrogen-bond acceptors (Lipinski definition) is 10. The number of aromatic nitrogens is 3. The van der Waals surface area contributed by atoms with Crippen LogP contribution in [0.3, 0.4) is 0 Å². The van der Waals surface area contributed by atoms with Crippen LogP contribution >= 0.6 is 7.82 Å². The number of hydrogen-bond donors (Lipinski definition) is 4. The smallest absolute Gasteiger partial charge is 0.387 e.